The minimum atomic E-state index is 0.234. The number of pyridine rings is 1. The molecule has 1 atom stereocenters. The summed E-state index contributed by atoms with van der Waals surface area (Å²) in [6.45, 7) is 11.3. The molecule has 0 amide bonds. The Balaban J connectivity index is 2.84. The minimum absolute atomic E-state index is 0.234. The number of aromatic nitrogens is 1. The molecule has 2 heteroatoms. The van der Waals surface area contributed by atoms with Crippen LogP contribution < -0.4 is 5.32 Å². The standard InChI is InChI=1S/C13H20N2/c1-5-6-15-13(10(2)3)12-7-11(4)8-14-9-12/h7-9,13,15H,2,5-6H2,1,3-4H3. The molecule has 0 saturated carbocycles. The van der Waals surface area contributed by atoms with E-state index >= 15 is 0 Å². The average Bonchev–Trinajstić information content (AvgIpc) is 2.18. The summed E-state index contributed by atoms with van der Waals surface area (Å²) < 4.78 is 0. The highest BCUT2D eigenvalue weighted by atomic mass is 14.9. The number of hydrogen-bond donors (Lipinski definition) is 1. The van der Waals surface area contributed by atoms with Gasteiger partial charge in [0.25, 0.3) is 0 Å². The molecule has 0 radical (unpaired) electrons. The van der Waals surface area contributed by atoms with E-state index in [-0.39, 0.29) is 6.04 Å². The van der Waals surface area contributed by atoms with E-state index in [4.69, 9.17) is 0 Å². The molecule has 2 nitrogen and oxygen atoms in total. The lowest BCUT2D eigenvalue weighted by Crippen LogP contribution is -2.23. The van der Waals surface area contributed by atoms with E-state index in [1.807, 2.05) is 12.4 Å². The highest BCUT2D eigenvalue weighted by Gasteiger charge is 2.11. The summed E-state index contributed by atoms with van der Waals surface area (Å²) in [6, 6.07) is 2.40. The number of hydrogen-bond acceptors (Lipinski definition) is 2. The molecular weight excluding hydrogens is 184 g/mol. The first-order valence-electron chi connectivity index (χ1n) is 5.45. The smallest absolute Gasteiger partial charge is 0.0546 e. The van der Waals surface area contributed by atoms with Gasteiger partial charge in [-0.15, -0.1) is 0 Å². The van der Waals surface area contributed by atoms with Gasteiger partial charge in [0, 0.05) is 12.4 Å². The first-order chi connectivity index (χ1) is 7.15. The maximum atomic E-state index is 4.21. The van der Waals surface area contributed by atoms with E-state index in [2.05, 4.69) is 43.7 Å². The van der Waals surface area contributed by atoms with Crippen molar-refractivity contribution >= 4 is 0 Å². The zero-order chi connectivity index (χ0) is 11.3. The van der Waals surface area contributed by atoms with Crippen LogP contribution in [0, 0.1) is 6.92 Å². The third-order valence-corrected chi connectivity index (χ3v) is 2.32. The number of nitrogens with one attached hydrogen (secondary N) is 1. The third kappa shape index (κ3) is 3.48. The van der Waals surface area contributed by atoms with E-state index < -0.39 is 0 Å². The molecule has 1 rings (SSSR count). The van der Waals surface area contributed by atoms with Crippen molar-refractivity contribution in [1.82, 2.24) is 10.3 Å². The predicted octanol–water partition coefficient (Wildman–Crippen LogP) is 3.01. The second-order valence-electron chi connectivity index (χ2n) is 4.03. The third-order valence-electron chi connectivity index (χ3n) is 2.32. The maximum Gasteiger partial charge on any atom is 0.0546 e. The lowest BCUT2D eigenvalue weighted by atomic mass is 10.0. The highest BCUT2D eigenvalue weighted by Crippen LogP contribution is 2.19. The molecule has 82 valence electrons. The number of nitrogens with zero attached hydrogens (tertiary/aromatic N) is 1. The van der Waals surface area contributed by atoms with Crippen molar-refractivity contribution in [2.75, 3.05) is 6.54 Å². The molecule has 0 aliphatic heterocycles. The lowest BCUT2D eigenvalue weighted by Gasteiger charge is -2.19. The van der Waals surface area contributed by atoms with Crippen molar-refractivity contribution in [3.63, 3.8) is 0 Å². The van der Waals surface area contributed by atoms with Crippen LogP contribution in [0.5, 0.6) is 0 Å². The topological polar surface area (TPSA) is 24.9 Å². The summed E-state index contributed by atoms with van der Waals surface area (Å²) in [5.41, 5.74) is 3.53. The summed E-state index contributed by atoms with van der Waals surface area (Å²) >= 11 is 0. The van der Waals surface area contributed by atoms with Crippen LogP contribution in [-0.4, -0.2) is 11.5 Å². The molecular formula is C13H20N2. The zero-order valence-corrected chi connectivity index (χ0v) is 9.88. The van der Waals surface area contributed by atoms with E-state index in [0.29, 0.717) is 0 Å². The van der Waals surface area contributed by atoms with Gasteiger partial charge < -0.3 is 5.32 Å². The van der Waals surface area contributed by atoms with Crippen LogP contribution >= 0.6 is 0 Å². The van der Waals surface area contributed by atoms with Crippen molar-refractivity contribution in [3.8, 4) is 0 Å². The van der Waals surface area contributed by atoms with Crippen LogP contribution in [0.25, 0.3) is 0 Å². The summed E-state index contributed by atoms with van der Waals surface area (Å²) in [6.07, 6.45) is 4.91. The van der Waals surface area contributed by atoms with Gasteiger partial charge in [0.15, 0.2) is 0 Å². The average molecular weight is 204 g/mol. The summed E-state index contributed by atoms with van der Waals surface area (Å²) in [5, 5.41) is 3.47. The zero-order valence-electron chi connectivity index (χ0n) is 9.88. The van der Waals surface area contributed by atoms with E-state index in [1.165, 1.54) is 11.1 Å². The van der Waals surface area contributed by atoms with Crippen LogP contribution in [0.15, 0.2) is 30.6 Å². The summed E-state index contributed by atoms with van der Waals surface area (Å²) in [7, 11) is 0. The van der Waals surface area contributed by atoms with E-state index in [0.717, 1.165) is 18.5 Å². The lowest BCUT2D eigenvalue weighted by molar-refractivity contribution is 0.589. The van der Waals surface area contributed by atoms with Gasteiger partial charge in [-0.1, -0.05) is 25.1 Å². The Morgan fingerprint density at radius 1 is 1.53 bits per heavy atom. The first-order valence-corrected chi connectivity index (χ1v) is 5.45. The Kier molecular flexibility index (Phi) is 4.50. The molecule has 15 heavy (non-hydrogen) atoms. The van der Waals surface area contributed by atoms with Gasteiger partial charge in [0.2, 0.25) is 0 Å². The van der Waals surface area contributed by atoms with Crippen molar-refractivity contribution in [3.05, 3.63) is 41.7 Å². The van der Waals surface area contributed by atoms with Crippen molar-refractivity contribution in [2.45, 2.75) is 33.2 Å². The van der Waals surface area contributed by atoms with Crippen molar-refractivity contribution in [1.29, 1.82) is 0 Å². The van der Waals surface area contributed by atoms with Crippen LogP contribution in [-0.2, 0) is 0 Å². The van der Waals surface area contributed by atoms with Gasteiger partial charge in [-0.05, 0) is 37.9 Å². The number of rotatable bonds is 5. The van der Waals surface area contributed by atoms with Crippen LogP contribution in [0.4, 0.5) is 0 Å². The molecule has 0 spiro atoms. The molecule has 0 aromatic carbocycles. The fourth-order valence-electron chi connectivity index (χ4n) is 1.60. The van der Waals surface area contributed by atoms with Gasteiger partial charge >= 0.3 is 0 Å². The second-order valence-corrected chi connectivity index (χ2v) is 4.03. The fraction of sp³-hybridized carbons (Fsp3) is 0.462. The molecule has 0 saturated heterocycles. The maximum absolute atomic E-state index is 4.21. The Labute approximate surface area is 92.4 Å². The van der Waals surface area contributed by atoms with E-state index in [9.17, 15) is 0 Å². The minimum Gasteiger partial charge on any atom is -0.307 e. The SMILES string of the molecule is C=C(C)C(NCCC)c1cncc(C)c1. The largest absolute Gasteiger partial charge is 0.307 e. The van der Waals surface area contributed by atoms with Gasteiger partial charge in [-0.25, -0.2) is 0 Å². The Bertz CT molecular complexity index is 331. The first kappa shape index (κ1) is 11.9. The van der Waals surface area contributed by atoms with Gasteiger partial charge in [-0.2, -0.15) is 0 Å². The molecule has 0 aliphatic carbocycles. The second kappa shape index (κ2) is 5.66. The molecule has 1 N–H and O–H groups in total. The molecule has 1 heterocycles. The van der Waals surface area contributed by atoms with Crippen LogP contribution in [0.1, 0.15) is 37.4 Å². The summed E-state index contributed by atoms with van der Waals surface area (Å²) in [5.74, 6) is 0. The summed E-state index contributed by atoms with van der Waals surface area (Å²) in [4.78, 5) is 4.21. The van der Waals surface area contributed by atoms with Crippen molar-refractivity contribution in [2.24, 2.45) is 0 Å². The van der Waals surface area contributed by atoms with E-state index in [1.54, 1.807) is 0 Å². The predicted molar refractivity (Wildman–Crippen MR) is 64.8 cm³/mol. The fourth-order valence-corrected chi connectivity index (χ4v) is 1.60. The van der Waals surface area contributed by atoms with Crippen molar-refractivity contribution < 1.29 is 0 Å². The Morgan fingerprint density at radius 3 is 2.80 bits per heavy atom. The molecule has 1 aromatic rings. The molecule has 0 fully saturated rings. The van der Waals surface area contributed by atoms with Gasteiger partial charge in [0.1, 0.15) is 0 Å². The van der Waals surface area contributed by atoms with Crippen LogP contribution in [0.2, 0.25) is 0 Å². The normalized spacial score (nSPS) is 12.5. The molecule has 0 bridgehead atoms. The molecule has 0 aliphatic rings. The quantitative estimate of drug-likeness (QED) is 0.746. The monoisotopic (exact) mass is 204 g/mol. The number of aryl methyl sites for hydroxylation is 1. The molecule has 1 aromatic heterocycles. The Morgan fingerprint density at radius 2 is 2.27 bits per heavy atom. The Hall–Kier alpha value is -1.15. The highest BCUT2D eigenvalue weighted by molar-refractivity contribution is 5.26. The van der Waals surface area contributed by atoms with Crippen LogP contribution in [0.3, 0.4) is 0 Å². The molecule has 1 unspecified atom stereocenters. The van der Waals surface area contributed by atoms with Gasteiger partial charge in [-0.3, -0.25) is 4.98 Å². The van der Waals surface area contributed by atoms with Gasteiger partial charge in [0.05, 0.1) is 6.04 Å².